The van der Waals surface area contributed by atoms with E-state index in [4.69, 9.17) is 0 Å². The van der Waals surface area contributed by atoms with Crippen LogP contribution in [0, 0.1) is 11.3 Å². The number of aryl methyl sites for hydroxylation is 1. The van der Waals surface area contributed by atoms with Crippen LogP contribution in [-0.4, -0.2) is 16.3 Å². The molecular formula is C16H31N3. The Kier molecular flexibility index (Phi) is 6.05. The second kappa shape index (κ2) is 7.09. The smallest absolute Gasteiger partial charge is 0.0537 e. The van der Waals surface area contributed by atoms with Crippen molar-refractivity contribution < 1.29 is 0 Å². The van der Waals surface area contributed by atoms with E-state index in [1.165, 1.54) is 5.56 Å². The molecule has 1 rings (SSSR count). The van der Waals surface area contributed by atoms with Gasteiger partial charge in [-0.3, -0.25) is 4.68 Å². The van der Waals surface area contributed by atoms with Crippen LogP contribution in [-0.2, 0) is 6.54 Å². The molecule has 0 aliphatic rings. The zero-order valence-electron chi connectivity index (χ0n) is 13.5. The van der Waals surface area contributed by atoms with Crippen molar-refractivity contribution in [2.24, 2.45) is 11.3 Å². The maximum atomic E-state index is 4.46. The summed E-state index contributed by atoms with van der Waals surface area (Å²) < 4.78 is 2.06. The predicted molar refractivity (Wildman–Crippen MR) is 82.2 cm³/mol. The Bertz CT molecular complexity index is 362. The molecule has 110 valence electrons. The Labute approximate surface area is 118 Å². The van der Waals surface area contributed by atoms with E-state index in [2.05, 4.69) is 62.8 Å². The van der Waals surface area contributed by atoms with Gasteiger partial charge in [-0.25, -0.2) is 0 Å². The van der Waals surface area contributed by atoms with Gasteiger partial charge in [0, 0.05) is 24.3 Å². The zero-order chi connectivity index (χ0) is 14.5. The summed E-state index contributed by atoms with van der Waals surface area (Å²) in [7, 11) is 0. The second-order valence-corrected chi connectivity index (χ2v) is 6.65. The molecule has 3 nitrogen and oxygen atoms in total. The molecule has 1 N–H and O–H groups in total. The first-order chi connectivity index (χ1) is 8.88. The Morgan fingerprint density at radius 1 is 1.32 bits per heavy atom. The summed E-state index contributed by atoms with van der Waals surface area (Å²) in [5.41, 5.74) is 1.68. The molecular weight excluding hydrogens is 234 g/mol. The summed E-state index contributed by atoms with van der Waals surface area (Å²) in [6.07, 6.45) is 6.52. The largest absolute Gasteiger partial charge is 0.310 e. The SMILES string of the molecule is CCCn1cc(C(CC(C)C(C)(C)C)NCC)cn1. The Morgan fingerprint density at radius 3 is 2.53 bits per heavy atom. The molecule has 1 aromatic heterocycles. The van der Waals surface area contributed by atoms with Crippen LogP contribution in [0.4, 0.5) is 0 Å². The molecule has 0 radical (unpaired) electrons. The normalized spacial score (nSPS) is 15.5. The summed E-state index contributed by atoms with van der Waals surface area (Å²) in [5, 5.41) is 8.06. The van der Waals surface area contributed by atoms with Gasteiger partial charge in [0.25, 0.3) is 0 Å². The number of rotatable bonds is 7. The fourth-order valence-corrected chi connectivity index (χ4v) is 2.20. The third kappa shape index (κ3) is 4.98. The van der Waals surface area contributed by atoms with Crippen LogP contribution in [0.15, 0.2) is 12.4 Å². The third-order valence-corrected chi connectivity index (χ3v) is 4.03. The lowest BCUT2D eigenvalue weighted by Gasteiger charge is -2.30. The number of hydrogen-bond acceptors (Lipinski definition) is 2. The van der Waals surface area contributed by atoms with Gasteiger partial charge in [-0.1, -0.05) is 41.5 Å². The molecule has 2 unspecified atom stereocenters. The van der Waals surface area contributed by atoms with Crippen LogP contribution in [0.2, 0.25) is 0 Å². The van der Waals surface area contributed by atoms with E-state index < -0.39 is 0 Å². The monoisotopic (exact) mass is 265 g/mol. The summed E-state index contributed by atoms with van der Waals surface area (Å²) >= 11 is 0. The minimum atomic E-state index is 0.354. The van der Waals surface area contributed by atoms with E-state index in [9.17, 15) is 0 Å². The van der Waals surface area contributed by atoms with Gasteiger partial charge < -0.3 is 5.32 Å². The highest BCUT2D eigenvalue weighted by Crippen LogP contribution is 2.33. The van der Waals surface area contributed by atoms with Crippen LogP contribution < -0.4 is 5.32 Å². The molecule has 0 spiro atoms. The van der Waals surface area contributed by atoms with Crippen molar-refractivity contribution in [3.05, 3.63) is 18.0 Å². The Hall–Kier alpha value is -0.830. The first kappa shape index (κ1) is 16.2. The van der Waals surface area contributed by atoms with Crippen LogP contribution in [0.25, 0.3) is 0 Å². The van der Waals surface area contributed by atoms with Gasteiger partial charge in [0.05, 0.1) is 6.20 Å². The molecule has 0 saturated heterocycles. The summed E-state index contributed by atoms with van der Waals surface area (Å²) in [6, 6.07) is 0.421. The van der Waals surface area contributed by atoms with E-state index in [0.717, 1.165) is 25.9 Å². The molecule has 0 aliphatic heterocycles. The van der Waals surface area contributed by atoms with Crippen LogP contribution in [0.5, 0.6) is 0 Å². The van der Waals surface area contributed by atoms with Crippen molar-refractivity contribution in [1.29, 1.82) is 0 Å². The van der Waals surface area contributed by atoms with Gasteiger partial charge in [-0.15, -0.1) is 0 Å². The number of aromatic nitrogens is 2. The van der Waals surface area contributed by atoms with Gasteiger partial charge in [-0.05, 0) is 30.7 Å². The Balaban J connectivity index is 2.75. The average Bonchev–Trinajstić information content (AvgIpc) is 2.76. The van der Waals surface area contributed by atoms with Crippen LogP contribution >= 0.6 is 0 Å². The zero-order valence-corrected chi connectivity index (χ0v) is 13.5. The number of nitrogens with one attached hydrogen (secondary N) is 1. The summed E-state index contributed by atoms with van der Waals surface area (Å²) in [5.74, 6) is 0.672. The highest BCUT2D eigenvalue weighted by molar-refractivity contribution is 5.10. The van der Waals surface area contributed by atoms with Crippen molar-refractivity contribution >= 4 is 0 Å². The molecule has 19 heavy (non-hydrogen) atoms. The topological polar surface area (TPSA) is 29.9 Å². The van der Waals surface area contributed by atoms with E-state index in [-0.39, 0.29) is 0 Å². The van der Waals surface area contributed by atoms with Crippen molar-refractivity contribution in [3.63, 3.8) is 0 Å². The minimum Gasteiger partial charge on any atom is -0.310 e. The molecule has 0 fully saturated rings. The van der Waals surface area contributed by atoms with E-state index in [1.54, 1.807) is 0 Å². The van der Waals surface area contributed by atoms with Gasteiger partial charge in [-0.2, -0.15) is 5.10 Å². The van der Waals surface area contributed by atoms with Gasteiger partial charge in [0.2, 0.25) is 0 Å². The standard InChI is InChI=1S/C16H31N3/c1-7-9-19-12-14(11-18-19)15(17-8-2)10-13(3)16(4,5)6/h11-13,15,17H,7-10H2,1-6H3. The van der Waals surface area contributed by atoms with Gasteiger partial charge >= 0.3 is 0 Å². The molecule has 2 atom stereocenters. The summed E-state index contributed by atoms with van der Waals surface area (Å²) in [6.45, 7) is 15.7. The first-order valence-electron chi connectivity index (χ1n) is 7.64. The number of nitrogens with zero attached hydrogens (tertiary/aromatic N) is 2. The van der Waals surface area contributed by atoms with Gasteiger partial charge in [0.15, 0.2) is 0 Å². The molecule has 0 amide bonds. The molecule has 0 bridgehead atoms. The second-order valence-electron chi connectivity index (χ2n) is 6.65. The average molecular weight is 265 g/mol. The van der Waals surface area contributed by atoms with Crippen molar-refractivity contribution in [3.8, 4) is 0 Å². The maximum Gasteiger partial charge on any atom is 0.0537 e. The quantitative estimate of drug-likeness (QED) is 0.807. The third-order valence-electron chi connectivity index (χ3n) is 4.03. The fraction of sp³-hybridized carbons (Fsp3) is 0.812. The van der Waals surface area contributed by atoms with E-state index >= 15 is 0 Å². The molecule has 1 aromatic rings. The van der Waals surface area contributed by atoms with E-state index in [1.807, 2.05) is 6.20 Å². The van der Waals surface area contributed by atoms with Crippen molar-refractivity contribution in [2.75, 3.05) is 6.54 Å². The molecule has 1 heterocycles. The van der Waals surface area contributed by atoms with Crippen LogP contribution in [0.3, 0.4) is 0 Å². The maximum absolute atomic E-state index is 4.46. The highest BCUT2D eigenvalue weighted by Gasteiger charge is 2.24. The summed E-state index contributed by atoms with van der Waals surface area (Å²) in [4.78, 5) is 0. The lowest BCUT2D eigenvalue weighted by atomic mass is 9.78. The fourth-order valence-electron chi connectivity index (χ4n) is 2.20. The molecule has 0 aliphatic carbocycles. The van der Waals surface area contributed by atoms with E-state index in [0.29, 0.717) is 17.4 Å². The lowest BCUT2D eigenvalue weighted by molar-refractivity contribution is 0.224. The molecule has 3 heteroatoms. The Morgan fingerprint density at radius 2 is 2.00 bits per heavy atom. The van der Waals surface area contributed by atoms with Crippen molar-refractivity contribution in [2.45, 2.75) is 67.0 Å². The van der Waals surface area contributed by atoms with Crippen LogP contribution in [0.1, 0.15) is 66.0 Å². The highest BCUT2D eigenvalue weighted by atomic mass is 15.3. The number of hydrogen-bond donors (Lipinski definition) is 1. The molecule has 0 saturated carbocycles. The molecule has 0 aromatic carbocycles. The van der Waals surface area contributed by atoms with Gasteiger partial charge in [0.1, 0.15) is 0 Å². The predicted octanol–water partition coefficient (Wildman–Crippen LogP) is 4.02. The van der Waals surface area contributed by atoms with Crippen molar-refractivity contribution in [1.82, 2.24) is 15.1 Å². The lowest BCUT2D eigenvalue weighted by Crippen LogP contribution is -2.27. The minimum absolute atomic E-state index is 0.354. The first-order valence-corrected chi connectivity index (χ1v) is 7.64.